The van der Waals surface area contributed by atoms with Gasteiger partial charge in [0.15, 0.2) is 0 Å². The summed E-state index contributed by atoms with van der Waals surface area (Å²) < 4.78 is 12.9. The summed E-state index contributed by atoms with van der Waals surface area (Å²) in [5.74, 6) is -0.307. The van der Waals surface area contributed by atoms with E-state index in [1.807, 2.05) is 0 Å². The quantitative estimate of drug-likeness (QED) is 0.896. The number of hydrogen-bond acceptors (Lipinski definition) is 2. The van der Waals surface area contributed by atoms with Gasteiger partial charge in [0.2, 0.25) is 0 Å². The third kappa shape index (κ3) is 2.93. The molecule has 4 nitrogen and oxygen atoms in total. The molecule has 5 heteroatoms. The molecular formula is C17H17FN2O2. The Hall–Kier alpha value is -2.43. The molecule has 2 aromatic rings. The average molecular weight is 300 g/mol. The lowest BCUT2D eigenvalue weighted by Crippen LogP contribution is -2.27. The van der Waals surface area contributed by atoms with Crippen LogP contribution < -0.4 is 10.9 Å². The van der Waals surface area contributed by atoms with Crippen molar-refractivity contribution < 1.29 is 9.18 Å². The first-order valence-electron chi connectivity index (χ1n) is 7.35. The van der Waals surface area contributed by atoms with Gasteiger partial charge in [0.25, 0.3) is 11.5 Å². The average Bonchev–Trinajstić information content (AvgIpc) is 2.49. The summed E-state index contributed by atoms with van der Waals surface area (Å²) in [6, 6.07) is 7.12. The van der Waals surface area contributed by atoms with Crippen LogP contribution in [-0.4, -0.2) is 10.9 Å². The molecule has 114 valence electrons. The predicted octanol–water partition coefficient (Wildman–Crippen LogP) is 2.89. The highest BCUT2D eigenvalue weighted by Gasteiger charge is 2.20. The number of nitrogens with one attached hydrogen (secondary N) is 2. The number of aromatic nitrogens is 1. The largest absolute Gasteiger partial charge is 0.325 e. The second-order valence-corrected chi connectivity index (χ2v) is 5.82. The number of pyridine rings is 1. The SMILES string of the molecule is C[C@H]1CCc2[nH]c(=O)c(C(=O)Nc3ccc(F)cc3)cc2C1. The molecule has 1 aromatic heterocycles. The van der Waals surface area contributed by atoms with E-state index in [-0.39, 0.29) is 16.9 Å². The zero-order valence-corrected chi connectivity index (χ0v) is 12.3. The van der Waals surface area contributed by atoms with Gasteiger partial charge >= 0.3 is 0 Å². The third-order valence-corrected chi connectivity index (χ3v) is 4.02. The summed E-state index contributed by atoms with van der Waals surface area (Å²) in [4.78, 5) is 27.2. The molecule has 0 saturated heterocycles. The van der Waals surface area contributed by atoms with Crippen molar-refractivity contribution in [2.45, 2.75) is 26.2 Å². The van der Waals surface area contributed by atoms with Crippen LogP contribution in [0.15, 0.2) is 35.1 Å². The first-order valence-corrected chi connectivity index (χ1v) is 7.35. The molecule has 0 saturated carbocycles. The molecule has 1 heterocycles. The first kappa shape index (κ1) is 14.5. The van der Waals surface area contributed by atoms with Crippen LogP contribution in [0.5, 0.6) is 0 Å². The van der Waals surface area contributed by atoms with Crippen LogP contribution in [-0.2, 0) is 12.8 Å². The van der Waals surface area contributed by atoms with Gasteiger partial charge in [-0.25, -0.2) is 4.39 Å². The van der Waals surface area contributed by atoms with Gasteiger partial charge in [-0.3, -0.25) is 9.59 Å². The number of carbonyl (C=O) groups excluding carboxylic acids is 1. The molecule has 3 rings (SSSR count). The van der Waals surface area contributed by atoms with Crippen LogP contribution in [0.25, 0.3) is 0 Å². The zero-order valence-electron chi connectivity index (χ0n) is 12.3. The number of fused-ring (bicyclic) bond motifs is 1. The number of amides is 1. The Morgan fingerprint density at radius 2 is 2.05 bits per heavy atom. The Balaban J connectivity index is 1.87. The van der Waals surface area contributed by atoms with Gasteiger partial charge in [0.1, 0.15) is 11.4 Å². The normalized spacial score (nSPS) is 16.9. The number of anilines is 1. The number of aryl methyl sites for hydroxylation is 1. The van der Waals surface area contributed by atoms with Gasteiger partial charge < -0.3 is 10.3 Å². The van der Waals surface area contributed by atoms with E-state index in [0.29, 0.717) is 11.6 Å². The monoisotopic (exact) mass is 300 g/mol. The maximum Gasteiger partial charge on any atom is 0.261 e. The number of carbonyl (C=O) groups is 1. The number of hydrogen-bond donors (Lipinski definition) is 2. The number of H-pyrrole nitrogens is 1. The minimum absolute atomic E-state index is 0.0946. The molecule has 2 N–H and O–H groups in total. The third-order valence-electron chi connectivity index (χ3n) is 4.02. The van der Waals surface area contributed by atoms with Crippen LogP contribution in [0.3, 0.4) is 0 Å². The Bertz CT molecular complexity index is 765. The molecule has 0 bridgehead atoms. The molecule has 22 heavy (non-hydrogen) atoms. The smallest absolute Gasteiger partial charge is 0.261 e. The molecule has 1 amide bonds. The predicted molar refractivity (Wildman–Crippen MR) is 82.6 cm³/mol. The van der Waals surface area contributed by atoms with E-state index in [1.165, 1.54) is 24.3 Å². The van der Waals surface area contributed by atoms with Gasteiger partial charge in [0.05, 0.1) is 0 Å². The Morgan fingerprint density at radius 1 is 1.32 bits per heavy atom. The van der Waals surface area contributed by atoms with Crippen molar-refractivity contribution >= 4 is 11.6 Å². The fourth-order valence-corrected chi connectivity index (χ4v) is 2.79. The topological polar surface area (TPSA) is 62.0 Å². The Morgan fingerprint density at radius 3 is 2.77 bits per heavy atom. The van der Waals surface area contributed by atoms with Crippen LogP contribution in [0, 0.1) is 11.7 Å². The van der Waals surface area contributed by atoms with E-state index in [0.717, 1.165) is 30.5 Å². The van der Waals surface area contributed by atoms with Crippen LogP contribution in [0.1, 0.15) is 35.0 Å². The second-order valence-electron chi connectivity index (χ2n) is 5.82. The number of halogens is 1. The first-order chi connectivity index (χ1) is 10.5. The van der Waals surface area contributed by atoms with Crippen molar-refractivity contribution in [2.75, 3.05) is 5.32 Å². The van der Waals surface area contributed by atoms with Crippen molar-refractivity contribution in [3.8, 4) is 0 Å². The molecule has 0 radical (unpaired) electrons. The van der Waals surface area contributed by atoms with Crippen molar-refractivity contribution in [3.63, 3.8) is 0 Å². The molecule has 0 spiro atoms. The maximum atomic E-state index is 12.9. The highest BCUT2D eigenvalue weighted by Crippen LogP contribution is 2.23. The lowest BCUT2D eigenvalue weighted by Gasteiger charge is -2.21. The van der Waals surface area contributed by atoms with Crippen LogP contribution >= 0.6 is 0 Å². The maximum absolute atomic E-state index is 12.9. The molecule has 1 atom stereocenters. The van der Waals surface area contributed by atoms with E-state index < -0.39 is 5.91 Å². The zero-order chi connectivity index (χ0) is 15.7. The lowest BCUT2D eigenvalue weighted by molar-refractivity contribution is 0.102. The number of rotatable bonds is 2. The molecule has 1 aliphatic rings. The summed E-state index contributed by atoms with van der Waals surface area (Å²) in [6.45, 7) is 2.16. The van der Waals surface area contributed by atoms with Gasteiger partial charge in [-0.2, -0.15) is 0 Å². The van der Waals surface area contributed by atoms with Gasteiger partial charge in [-0.1, -0.05) is 6.92 Å². The summed E-state index contributed by atoms with van der Waals surface area (Å²) in [5, 5.41) is 2.62. The van der Waals surface area contributed by atoms with E-state index >= 15 is 0 Å². The van der Waals surface area contributed by atoms with Crippen molar-refractivity contribution in [2.24, 2.45) is 5.92 Å². The molecule has 0 aliphatic heterocycles. The van der Waals surface area contributed by atoms with Crippen LogP contribution in [0.2, 0.25) is 0 Å². The number of aromatic amines is 1. The summed E-state index contributed by atoms with van der Waals surface area (Å²) in [7, 11) is 0. The van der Waals surface area contributed by atoms with E-state index in [9.17, 15) is 14.0 Å². The minimum atomic E-state index is -0.478. The molecule has 1 aromatic carbocycles. The fraction of sp³-hybridized carbons (Fsp3) is 0.294. The van der Waals surface area contributed by atoms with Crippen LogP contribution in [0.4, 0.5) is 10.1 Å². The van der Waals surface area contributed by atoms with Gasteiger partial charge in [-0.05, 0) is 61.1 Å². The highest BCUT2D eigenvalue weighted by molar-refractivity contribution is 6.04. The Labute approximate surface area is 127 Å². The molecule has 1 aliphatic carbocycles. The molecule has 0 fully saturated rings. The Kier molecular flexibility index (Phi) is 3.79. The van der Waals surface area contributed by atoms with Crippen molar-refractivity contribution in [1.82, 2.24) is 4.98 Å². The van der Waals surface area contributed by atoms with E-state index in [1.54, 1.807) is 6.07 Å². The van der Waals surface area contributed by atoms with Gasteiger partial charge in [0, 0.05) is 11.4 Å². The van der Waals surface area contributed by atoms with E-state index in [2.05, 4.69) is 17.2 Å². The van der Waals surface area contributed by atoms with E-state index in [4.69, 9.17) is 0 Å². The van der Waals surface area contributed by atoms with Gasteiger partial charge in [-0.15, -0.1) is 0 Å². The number of benzene rings is 1. The second kappa shape index (κ2) is 5.75. The summed E-state index contributed by atoms with van der Waals surface area (Å²) in [5.41, 5.74) is 2.13. The fourth-order valence-electron chi connectivity index (χ4n) is 2.79. The summed E-state index contributed by atoms with van der Waals surface area (Å²) in [6.07, 6.45) is 2.75. The molecule has 0 unspecified atom stereocenters. The standard InChI is InChI=1S/C17H17FN2O2/c1-10-2-7-15-11(8-10)9-14(17(22)20-15)16(21)19-13-5-3-12(18)4-6-13/h3-6,9-10H,2,7-8H2,1H3,(H,19,21)(H,20,22)/t10-/m0/s1. The lowest BCUT2D eigenvalue weighted by atomic mass is 9.87. The van der Waals surface area contributed by atoms with Crippen molar-refractivity contribution in [1.29, 1.82) is 0 Å². The minimum Gasteiger partial charge on any atom is -0.325 e. The molecular weight excluding hydrogens is 283 g/mol. The summed E-state index contributed by atoms with van der Waals surface area (Å²) >= 11 is 0. The highest BCUT2D eigenvalue weighted by atomic mass is 19.1. The van der Waals surface area contributed by atoms with Crippen molar-refractivity contribution in [3.05, 3.63) is 63.3 Å².